The number of aryl methyl sites for hydroxylation is 1. The summed E-state index contributed by atoms with van der Waals surface area (Å²) in [5.74, 6) is 2.43. The topological polar surface area (TPSA) is 85.6 Å². The van der Waals surface area contributed by atoms with Gasteiger partial charge in [0.05, 0.1) is 25.5 Å². The third-order valence-electron chi connectivity index (χ3n) is 6.03. The molecule has 1 amide bonds. The van der Waals surface area contributed by atoms with Crippen molar-refractivity contribution in [3.8, 4) is 17.3 Å². The van der Waals surface area contributed by atoms with Crippen molar-refractivity contribution in [1.29, 1.82) is 0 Å². The number of benzene rings is 1. The van der Waals surface area contributed by atoms with Crippen molar-refractivity contribution in [1.82, 2.24) is 24.9 Å². The van der Waals surface area contributed by atoms with E-state index in [2.05, 4.69) is 27.1 Å². The van der Waals surface area contributed by atoms with Crippen LogP contribution in [0.5, 0.6) is 11.5 Å². The number of piperazine rings is 1. The summed E-state index contributed by atoms with van der Waals surface area (Å²) in [6.45, 7) is 8.58. The molecule has 1 fully saturated rings. The Morgan fingerprint density at radius 1 is 0.906 bits per heavy atom. The largest absolute Gasteiger partial charge is 0.493 e. The van der Waals surface area contributed by atoms with Crippen LogP contribution in [-0.2, 0) is 0 Å². The third-order valence-corrected chi connectivity index (χ3v) is 6.03. The highest BCUT2D eigenvalue weighted by Crippen LogP contribution is 2.31. The van der Waals surface area contributed by atoms with Crippen LogP contribution in [0.25, 0.3) is 5.82 Å². The van der Waals surface area contributed by atoms with Gasteiger partial charge in [-0.3, -0.25) is 4.79 Å². The van der Waals surface area contributed by atoms with Crippen molar-refractivity contribution in [2.24, 2.45) is 0 Å². The van der Waals surface area contributed by atoms with E-state index in [1.807, 2.05) is 35.6 Å². The first-order valence-corrected chi connectivity index (χ1v) is 10.6. The SMILES string of the molecule is COc1cccc(C(=O)N2CCN(c3ccc(-n4nc(C)c(C)c4C)nn3)CC2)c1OC. The van der Waals surface area contributed by atoms with Crippen molar-refractivity contribution < 1.29 is 14.3 Å². The number of carbonyl (C=O) groups excluding carboxylic acids is 1. The van der Waals surface area contributed by atoms with E-state index >= 15 is 0 Å². The number of hydrogen-bond acceptors (Lipinski definition) is 7. The minimum absolute atomic E-state index is 0.0678. The Hall–Kier alpha value is -3.62. The van der Waals surface area contributed by atoms with Gasteiger partial charge in [-0.05, 0) is 50.6 Å². The lowest BCUT2D eigenvalue weighted by Gasteiger charge is -2.35. The number of para-hydroxylation sites is 1. The maximum Gasteiger partial charge on any atom is 0.257 e. The summed E-state index contributed by atoms with van der Waals surface area (Å²) in [5, 5.41) is 13.3. The summed E-state index contributed by atoms with van der Waals surface area (Å²) in [6, 6.07) is 9.23. The average molecular weight is 437 g/mol. The lowest BCUT2D eigenvalue weighted by Crippen LogP contribution is -2.49. The Labute approximate surface area is 187 Å². The standard InChI is InChI=1S/C23H28N6O3/c1-15-16(2)26-29(17(15)3)21-10-9-20(24-25-21)27-11-13-28(14-12-27)23(30)18-7-6-8-19(31-4)22(18)32-5/h6-10H,11-14H2,1-5H3. The van der Waals surface area contributed by atoms with Gasteiger partial charge in [0.2, 0.25) is 0 Å². The van der Waals surface area contributed by atoms with Gasteiger partial charge < -0.3 is 19.3 Å². The molecule has 9 nitrogen and oxygen atoms in total. The molecule has 0 radical (unpaired) electrons. The Morgan fingerprint density at radius 2 is 1.59 bits per heavy atom. The van der Waals surface area contributed by atoms with Crippen LogP contribution in [0.15, 0.2) is 30.3 Å². The van der Waals surface area contributed by atoms with Gasteiger partial charge in [0.15, 0.2) is 23.1 Å². The van der Waals surface area contributed by atoms with E-state index in [-0.39, 0.29) is 5.91 Å². The van der Waals surface area contributed by atoms with E-state index in [4.69, 9.17) is 9.47 Å². The monoisotopic (exact) mass is 436 g/mol. The summed E-state index contributed by atoms with van der Waals surface area (Å²) in [7, 11) is 3.11. The van der Waals surface area contributed by atoms with E-state index in [0.717, 1.165) is 22.8 Å². The fourth-order valence-corrected chi connectivity index (χ4v) is 3.91. The first-order chi connectivity index (χ1) is 15.4. The van der Waals surface area contributed by atoms with Crippen molar-refractivity contribution in [3.63, 3.8) is 0 Å². The number of carbonyl (C=O) groups is 1. The number of amides is 1. The molecule has 4 rings (SSSR count). The molecule has 3 aromatic rings. The van der Waals surface area contributed by atoms with Crippen LogP contribution < -0.4 is 14.4 Å². The molecule has 0 saturated carbocycles. The van der Waals surface area contributed by atoms with Crippen LogP contribution in [-0.4, -0.2) is 71.2 Å². The second-order valence-corrected chi connectivity index (χ2v) is 7.78. The normalized spacial score (nSPS) is 13.9. The zero-order valence-corrected chi connectivity index (χ0v) is 19.1. The predicted octanol–water partition coefficient (Wildman–Crippen LogP) is 2.57. The lowest BCUT2D eigenvalue weighted by atomic mass is 10.1. The molecule has 0 unspecified atom stereocenters. The van der Waals surface area contributed by atoms with Gasteiger partial charge in [-0.2, -0.15) is 5.10 Å². The highest BCUT2D eigenvalue weighted by atomic mass is 16.5. The summed E-state index contributed by atoms with van der Waals surface area (Å²) < 4.78 is 12.6. The van der Waals surface area contributed by atoms with Crippen molar-refractivity contribution in [3.05, 3.63) is 52.8 Å². The fraction of sp³-hybridized carbons (Fsp3) is 0.391. The van der Waals surface area contributed by atoms with Gasteiger partial charge in [-0.15, -0.1) is 10.2 Å². The van der Waals surface area contributed by atoms with Crippen molar-refractivity contribution in [2.75, 3.05) is 45.3 Å². The highest BCUT2D eigenvalue weighted by molar-refractivity contribution is 5.98. The molecule has 0 spiro atoms. The minimum Gasteiger partial charge on any atom is -0.493 e. The Bertz CT molecular complexity index is 1120. The van der Waals surface area contributed by atoms with Crippen LogP contribution in [0, 0.1) is 20.8 Å². The average Bonchev–Trinajstić information content (AvgIpc) is 3.10. The van der Waals surface area contributed by atoms with E-state index < -0.39 is 0 Å². The molecule has 1 aromatic carbocycles. The van der Waals surface area contributed by atoms with Gasteiger partial charge in [-0.1, -0.05) is 6.07 Å². The maximum absolute atomic E-state index is 13.1. The van der Waals surface area contributed by atoms with Crippen LogP contribution >= 0.6 is 0 Å². The van der Waals surface area contributed by atoms with Crippen LogP contribution in [0.1, 0.15) is 27.3 Å². The third kappa shape index (κ3) is 3.86. The molecule has 3 heterocycles. The second kappa shape index (κ2) is 8.86. The molecular formula is C23H28N6O3. The quantitative estimate of drug-likeness (QED) is 0.608. The van der Waals surface area contributed by atoms with Crippen LogP contribution in [0.2, 0.25) is 0 Å². The Balaban J connectivity index is 1.44. The molecule has 2 aromatic heterocycles. The minimum atomic E-state index is -0.0678. The number of nitrogens with zero attached hydrogens (tertiary/aromatic N) is 6. The summed E-state index contributed by atoms with van der Waals surface area (Å²) >= 11 is 0. The van der Waals surface area contributed by atoms with E-state index in [1.165, 1.54) is 0 Å². The Morgan fingerprint density at radius 3 is 2.16 bits per heavy atom. The Kier molecular flexibility index (Phi) is 5.98. The molecule has 1 aliphatic rings. The molecule has 32 heavy (non-hydrogen) atoms. The molecule has 0 atom stereocenters. The number of hydrogen-bond donors (Lipinski definition) is 0. The second-order valence-electron chi connectivity index (χ2n) is 7.78. The van der Waals surface area contributed by atoms with Gasteiger partial charge in [-0.25, -0.2) is 4.68 Å². The molecule has 168 valence electrons. The van der Waals surface area contributed by atoms with E-state index in [9.17, 15) is 4.79 Å². The zero-order chi connectivity index (χ0) is 22.8. The molecular weight excluding hydrogens is 408 g/mol. The van der Waals surface area contributed by atoms with Crippen molar-refractivity contribution in [2.45, 2.75) is 20.8 Å². The summed E-state index contributed by atoms with van der Waals surface area (Å²) in [4.78, 5) is 17.1. The highest BCUT2D eigenvalue weighted by Gasteiger charge is 2.26. The van der Waals surface area contributed by atoms with E-state index in [1.54, 1.807) is 32.4 Å². The van der Waals surface area contributed by atoms with Gasteiger partial charge in [0, 0.05) is 31.9 Å². The number of ether oxygens (including phenoxy) is 2. The summed E-state index contributed by atoms with van der Waals surface area (Å²) in [6.07, 6.45) is 0. The van der Waals surface area contributed by atoms with Crippen molar-refractivity contribution >= 4 is 11.7 Å². The summed E-state index contributed by atoms with van der Waals surface area (Å²) in [5.41, 5.74) is 3.71. The lowest BCUT2D eigenvalue weighted by molar-refractivity contribution is 0.0742. The molecule has 9 heteroatoms. The number of aromatic nitrogens is 4. The van der Waals surface area contributed by atoms with Crippen LogP contribution in [0.3, 0.4) is 0 Å². The number of methoxy groups -OCH3 is 2. The maximum atomic E-state index is 13.1. The molecule has 0 N–H and O–H groups in total. The molecule has 1 saturated heterocycles. The van der Waals surface area contributed by atoms with Gasteiger partial charge >= 0.3 is 0 Å². The molecule has 0 bridgehead atoms. The van der Waals surface area contributed by atoms with Gasteiger partial charge in [0.25, 0.3) is 5.91 Å². The smallest absolute Gasteiger partial charge is 0.257 e. The number of anilines is 1. The first kappa shape index (κ1) is 21.6. The van der Waals surface area contributed by atoms with E-state index in [0.29, 0.717) is 49.1 Å². The molecule has 1 aliphatic heterocycles. The fourth-order valence-electron chi connectivity index (χ4n) is 3.91. The zero-order valence-electron chi connectivity index (χ0n) is 19.1. The number of rotatable bonds is 5. The van der Waals surface area contributed by atoms with Gasteiger partial charge in [0.1, 0.15) is 0 Å². The molecule has 0 aliphatic carbocycles. The first-order valence-electron chi connectivity index (χ1n) is 10.6. The van der Waals surface area contributed by atoms with Crippen LogP contribution in [0.4, 0.5) is 5.82 Å². The predicted molar refractivity (Wildman–Crippen MR) is 121 cm³/mol.